The first-order chi connectivity index (χ1) is 10.1. The molecule has 0 saturated carbocycles. The van der Waals surface area contributed by atoms with Crippen LogP contribution in [0.3, 0.4) is 0 Å². The summed E-state index contributed by atoms with van der Waals surface area (Å²) < 4.78 is 7.40. The Labute approximate surface area is 121 Å². The van der Waals surface area contributed by atoms with Gasteiger partial charge in [-0.3, -0.25) is 4.98 Å². The molecule has 0 atom stereocenters. The van der Waals surface area contributed by atoms with Crippen molar-refractivity contribution < 1.29 is 14.3 Å². The second kappa shape index (κ2) is 5.28. The lowest BCUT2D eigenvalue weighted by Crippen LogP contribution is -2.03. The number of hydrogen-bond acceptors (Lipinski definition) is 3. The smallest absolute Gasteiger partial charge is 0.371 e. The van der Waals surface area contributed by atoms with Gasteiger partial charge in [0.05, 0.1) is 12.2 Å². The highest BCUT2D eigenvalue weighted by Gasteiger charge is 2.12. The lowest BCUT2D eigenvalue weighted by molar-refractivity contribution is 0.0660. The van der Waals surface area contributed by atoms with Crippen molar-refractivity contribution in [3.63, 3.8) is 0 Å². The molecule has 0 aliphatic carbocycles. The van der Waals surface area contributed by atoms with E-state index >= 15 is 0 Å². The Morgan fingerprint density at radius 3 is 2.81 bits per heavy atom. The minimum absolute atomic E-state index is 0.0438. The topological polar surface area (TPSA) is 68.3 Å². The number of carboxylic acid groups (broad SMARTS) is 1. The van der Waals surface area contributed by atoms with Gasteiger partial charge in [0.25, 0.3) is 0 Å². The zero-order valence-electron chi connectivity index (χ0n) is 11.5. The summed E-state index contributed by atoms with van der Waals surface area (Å²) in [5.41, 5.74) is 3.10. The summed E-state index contributed by atoms with van der Waals surface area (Å²) in [6.45, 7) is 2.48. The van der Waals surface area contributed by atoms with E-state index in [-0.39, 0.29) is 5.76 Å². The maximum Gasteiger partial charge on any atom is 0.371 e. The highest BCUT2D eigenvalue weighted by molar-refractivity contribution is 5.84. The molecule has 106 valence electrons. The Morgan fingerprint density at radius 1 is 1.29 bits per heavy atom. The van der Waals surface area contributed by atoms with Crippen LogP contribution in [0.1, 0.15) is 22.0 Å². The molecule has 3 aromatic heterocycles. The van der Waals surface area contributed by atoms with Gasteiger partial charge in [-0.2, -0.15) is 0 Å². The van der Waals surface area contributed by atoms with Crippen molar-refractivity contribution in [2.45, 2.75) is 13.5 Å². The van der Waals surface area contributed by atoms with Crippen LogP contribution in [0, 0.1) is 6.92 Å². The van der Waals surface area contributed by atoms with Crippen LogP contribution in [0.15, 0.2) is 53.2 Å². The van der Waals surface area contributed by atoms with Gasteiger partial charge in [0, 0.05) is 23.7 Å². The second-order valence-electron chi connectivity index (χ2n) is 4.76. The molecule has 5 heteroatoms. The van der Waals surface area contributed by atoms with Crippen molar-refractivity contribution in [2.75, 3.05) is 0 Å². The van der Waals surface area contributed by atoms with Gasteiger partial charge in [-0.1, -0.05) is 0 Å². The van der Waals surface area contributed by atoms with E-state index in [1.54, 1.807) is 18.5 Å². The molecule has 0 bridgehead atoms. The quantitative estimate of drug-likeness (QED) is 0.798. The number of furan rings is 1. The standard InChI is InChI=1S/C16H14N2O3/c1-11-4-6-14(12-3-2-8-17-9-12)18(11)10-13-5-7-15(21-13)16(19)20/h2-9H,10H2,1H3,(H,19,20). The molecule has 0 saturated heterocycles. The Balaban J connectivity index is 1.95. The molecule has 1 N–H and O–H groups in total. The minimum atomic E-state index is -1.06. The number of nitrogens with zero attached hydrogens (tertiary/aromatic N) is 2. The van der Waals surface area contributed by atoms with Crippen molar-refractivity contribution in [1.82, 2.24) is 9.55 Å². The van der Waals surface area contributed by atoms with Gasteiger partial charge in [0.15, 0.2) is 0 Å². The van der Waals surface area contributed by atoms with Crippen molar-refractivity contribution in [2.24, 2.45) is 0 Å². The van der Waals surface area contributed by atoms with Crippen LogP contribution in [0.2, 0.25) is 0 Å². The normalized spacial score (nSPS) is 10.7. The van der Waals surface area contributed by atoms with E-state index in [9.17, 15) is 4.79 Å². The number of carbonyl (C=O) groups is 1. The third-order valence-corrected chi connectivity index (χ3v) is 3.34. The van der Waals surface area contributed by atoms with Crippen LogP contribution in [0.4, 0.5) is 0 Å². The number of aryl methyl sites for hydroxylation is 1. The predicted octanol–water partition coefficient (Wildman–Crippen LogP) is 3.20. The first kappa shape index (κ1) is 13.2. The Bertz CT molecular complexity index is 772. The summed E-state index contributed by atoms with van der Waals surface area (Å²) in [6.07, 6.45) is 3.53. The maximum absolute atomic E-state index is 10.9. The third-order valence-electron chi connectivity index (χ3n) is 3.34. The van der Waals surface area contributed by atoms with Gasteiger partial charge in [0.2, 0.25) is 5.76 Å². The predicted molar refractivity (Wildman–Crippen MR) is 77.2 cm³/mol. The molecule has 0 radical (unpaired) electrons. The van der Waals surface area contributed by atoms with Crippen LogP contribution in [0.25, 0.3) is 11.3 Å². The fourth-order valence-corrected chi connectivity index (χ4v) is 2.28. The van der Waals surface area contributed by atoms with Crippen LogP contribution >= 0.6 is 0 Å². The lowest BCUT2D eigenvalue weighted by atomic mass is 10.2. The Morgan fingerprint density at radius 2 is 2.14 bits per heavy atom. The fraction of sp³-hybridized carbons (Fsp3) is 0.125. The largest absolute Gasteiger partial charge is 0.475 e. The summed E-state index contributed by atoms with van der Waals surface area (Å²) >= 11 is 0. The zero-order chi connectivity index (χ0) is 14.8. The summed E-state index contributed by atoms with van der Waals surface area (Å²) in [7, 11) is 0. The van der Waals surface area contributed by atoms with Crippen LogP contribution < -0.4 is 0 Å². The van der Waals surface area contributed by atoms with E-state index in [0.29, 0.717) is 12.3 Å². The number of aromatic nitrogens is 2. The number of aromatic carboxylic acids is 1. The van der Waals surface area contributed by atoms with E-state index in [4.69, 9.17) is 9.52 Å². The van der Waals surface area contributed by atoms with E-state index in [2.05, 4.69) is 9.55 Å². The molecule has 0 aliphatic rings. The first-order valence-electron chi connectivity index (χ1n) is 6.53. The number of rotatable bonds is 4. The van der Waals surface area contributed by atoms with Gasteiger partial charge in [-0.15, -0.1) is 0 Å². The molecular formula is C16H14N2O3. The summed E-state index contributed by atoms with van der Waals surface area (Å²) in [6, 6.07) is 11.1. The number of hydrogen-bond donors (Lipinski definition) is 1. The van der Waals surface area contributed by atoms with Gasteiger partial charge in [-0.05, 0) is 43.3 Å². The third kappa shape index (κ3) is 2.58. The van der Waals surface area contributed by atoms with E-state index in [1.165, 1.54) is 6.07 Å². The summed E-state index contributed by atoms with van der Waals surface area (Å²) in [4.78, 5) is 15.0. The average Bonchev–Trinajstić information content (AvgIpc) is 3.09. The Kier molecular flexibility index (Phi) is 3.31. The van der Waals surface area contributed by atoms with Gasteiger partial charge in [-0.25, -0.2) is 4.79 Å². The van der Waals surface area contributed by atoms with Crippen molar-refractivity contribution in [3.8, 4) is 11.3 Å². The van der Waals surface area contributed by atoms with E-state index in [1.807, 2.05) is 31.2 Å². The number of pyridine rings is 1. The van der Waals surface area contributed by atoms with Gasteiger partial charge in [0.1, 0.15) is 5.76 Å². The van der Waals surface area contributed by atoms with E-state index in [0.717, 1.165) is 17.0 Å². The van der Waals surface area contributed by atoms with Crippen LogP contribution in [0.5, 0.6) is 0 Å². The summed E-state index contributed by atoms with van der Waals surface area (Å²) in [5, 5.41) is 8.90. The molecule has 3 rings (SSSR count). The van der Waals surface area contributed by atoms with Gasteiger partial charge >= 0.3 is 5.97 Å². The Hall–Kier alpha value is -2.82. The molecule has 21 heavy (non-hydrogen) atoms. The van der Waals surface area contributed by atoms with Crippen molar-refractivity contribution >= 4 is 5.97 Å². The zero-order valence-corrected chi connectivity index (χ0v) is 11.5. The molecule has 0 unspecified atom stereocenters. The maximum atomic E-state index is 10.9. The molecule has 5 nitrogen and oxygen atoms in total. The van der Waals surface area contributed by atoms with Crippen LogP contribution in [-0.4, -0.2) is 20.6 Å². The number of carboxylic acids is 1. The molecule has 0 aromatic carbocycles. The highest BCUT2D eigenvalue weighted by atomic mass is 16.4. The van der Waals surface area contributed by atoms with Crippen molar-refractivity contribution in [3.05, 3.63) is 66.0 Å². The SMILES string of the molecule is Cc1ccc(-c2cccnc2)n1Cc1ccc(C(=O)O)o1. The molecule has 3 heterocycles. The first-order valence-corrected chi connectivity index (χ1v) is 6.53. The minimum Gasteiger partial charge on any atom is -0.475 e. The molecule has 0 aliphatic heterocycles. The molecule has 0 spiro atoms. The van der Waals surface area contributed by atoms with E-state index < -0.39 is 5.97 Å². The molecule has 3 aromatic rings. The molecule has 0 amide bonds. The monoisotopic (exact) mass is 282 g/mol. The van der Waals surface area contributed by atoms with Crippen LogP contribution in [-0.2, 0) is 6.54 Å². The highest BCUT2D eigenvalue weighted by Crippen LogP contribution is 2.23. The second-order valence-corrected chi connectivity index (χ2v) is 4.76. The summed E-state index contributed by atoms with van der Waals surface area (Å²) in [5.74, 6) is -0.493. The van der Waals surface area contributed by atoms with Crippen molar-refractivity contribution in [1.29, 1.82) is 0 Å². The average molecular weight is 282 g/mol. The fourth-order valence-electron chi connectivity index (χ4n) is 2.28. The molecular weight excluding hydrogens is 268 g/mol. The lowest BCUT2D eigenvalue weighted by Gasteiger charge is -2.10. The molecule has 0 fully saturated rings. The van der Waals surface area contributed by atoms with Gasteiger partial charge < -0.3 is 14.1 Å².